The summed E-state index contributed by atoms with van der Waals surface area (Å²) < 4.78 is 13.3. The maximum Gasteiger partial charge on any atom is 0.136 e. The van der Waals surface area contributed by atoms with E-state index in [-0.39, 0.29) is 5.82 Å². The van der Waals surface area contributed by atoms with Gasteiger partial charge < -0.3 is 10.2 Å². The Morgan fingerprint density at radius 2 is 1.88 bits per heavy atom. The van der Waals surface area contributed by atoms with Crippen molar-refractivity contribution in [3.05, 3.63) is 30.1 Å². The number of benzene rings is 1. The molecule has 1 aromatic rings. The van der Waals surface area contributed by atoms with Crippen molar-refractivity contribution in [1.29, 1.82) is 0 Å². The zero-order valence-corrected chi connectivity index (χ0v) is 10.2. The monoisotopic (exact) mass is 257 g/mol. The van der Waals surface area contributed by atoms with Crippen LogP contribution in [-0.2, 0) is 0 Å². The van der Waals surface area contributed by atoms with Gasteiger partial charge in [0.1, 0.15) is 5.82 Å². The van der Waals surface area contributed by atoms with E-state index in [1.54, 1.807) is 12.1 Å². The molecule has 0 aromatic heterocycles. The first-order chi connectivity index (χ1) is 8.16. The highest BCUT2D eigenvalue weighted by Gasteiger charge is 2.28. The Bertz CT molecular complexity index is 367. The number of β-amino-alcohol motifs (C(OH)–C–C–N with tert-alkyl or cyclic N) is 2. The highest BCUT2D eigenvalue weighted by Crippen LogP contribution is 2.21. The lowest BCUT2D eigenvalue weighted by Crippen LogP contribution is -2.24. The van der Waals surface area contributed by atoms with Crippen molar-refractivity contribution in [3.8, 4) is 0 Å². The normalized spacial score (nSPS) is 25.4. The SMILES string of the molecule is O[C@@H]1CN(CCSc2ccccc2F)C[C@@H]1O. The van der Waals surface area contributed by atoms with Crippen LogP contribution in [0.15, 0.2) is 29.2 Å². The first-order valence-electron chi connectivity index (χ1n) is 5.62. The maximum atomic E-state index is 13.3. The average Bonchev–Trinajstić information content (AvgIpc) is 2.61. The molecule has 0 amide bonds. The summed E-state index contributed by atoms with van der Waals surface area (Å²) in [6.45, 7) is 1.74. The summed E-state index contributed by atoms with van der Waals surface area (Å²) in [5.74, 6) is 0.555. The second-order valence-electron chi connectivity index (χ2n) is 4.17. The number of halogens is 1. The zero-order valence-electron chi connectivity index (χ0n) is 9.42. The van der Waals surface area contributed by atoms with Crippen LogP contribution in [0.25, 0.3) is 0 Å². The van der Waals surface area contributed by atoms with E-state index in [2.05, 4.69) is 0 Å². The summed E-state index contributed by atoms with van der Waals surface area (Å²) in [6.07, 6.45) is -1.29. The van der Waals surface area contributed by atoms with E-state index in [0.29, 0.717) is 18.0 Å². The fourth-order valence-corrected chi connectivity index (χ4v) is 2.83. The smallest absolute Gasteiger partial charge is 0.136 e. The molecule has 3 nitrogen and oxygen atoms in total. The summed E-state index contributed by atoms with van der Waals surface area (Å²) in [7, 11) is 0. The Morgan fingerprint density at radius 1 is 1.24 bits per heavy atom. The Hall–Kier alpha value is -0.620. The second kappa shape index (κ2) is 5.82. The molecule has 1 aromatic carbocycles. The first kappa shape index (κ1) is 12.8. The highest BCUT2D eigenvalue weighted by molar-refractivity contribution is 7.99. The van der Waals surface area contributed by atoms with Crippen molar-refractivity contribution in [1.82, 2.24) is 4.90 Å². The number of aliphatic hydroxyl groups excluding tert-OH is 2. The fourth-order valence-electron chi connectivity index (χ4n) is 1.88. The van der Waals surface area contributed by atoms with Crippen molar-refractivity contribution < 1.29 is 14.6 Å². The third-order valence-corrected chi connectivity index (χ3v) is 3.87. The molecule has 0 spiro atoms. The molecule has 0 aliphatic carbocycles. The molecular formula is C12H16FNO2S. The number of hydrogen-bond donors (Lipinski definition) is 2. The zero-order chi connectivity index (χ0) is 12.3. The summed E-state index contributed by atoms with van der Waals surface area (Å²) in [5.41, 5.74) is 0. The number of thioether (sulfide) groups is 1. The number of rotatable bonds is 4. The van der Waals surface area contributed by atoms with Gasteiger partial charge in [-0.05, 0) is 12.1 Å². The molecule has 94 valence electrons. The van der Waals surface area contributed by atoms with E-state index in [1.165, 1.54) is 17.8 Å². The average molecular weight is 257 g/mol. The van der Waals surface area contributed by atoms with Gasteiger partial charge in [-0.1, -0.05) is 12.1 Å². The van der Waals surface area contributed by atoms with Gasteiger partial charge >= 0.3 is 0 Å². The van der Waals surface area contributed by atoms with Crippen LogP contribution in [0, 0.1) is 5.82 Å². The van der Waals surface area contributed by atoms with Crippen LogP contribution in [0.4, 0.5) is 4.39 Å². The highest BCUT2D eigenvalue weighted by atomic mass is 32.2. The van der Waals surface area contributed by atoms with E-state index in [0.717, 1.165) is 12.3 Å². The van der Waals surface area contributed by atoms with Crippen LogP contribution in [0.1, 0.15) is 0 Å². The molecule has 2 rings (SSSR count). The van der Waals surface area contributed by atoms with Gasteiger partial charge in [-0.2, -0.15) is 0 Å². The van der Waals surface area contributed by atoms with Crippen LogP contribution in [0.3, 0.4) is 0 Å². The van der Waals surface area contributed by atoms with Gasteiger partial charge in [0.25, 0.3) is 0 Å². The summed E-state index contributed by atoms with van der Waals surface area (Å²) in [5, 5.41) is 18.7. The van der Waals surface area contributed by atoms with Gasteiger partial charge in [0, 0.05) is 30.3 Å². The van der Waals surface area contributed by atoms with Crippen molar-refractivity contribution in [2.45, 2.75) is 17.1 Å². The number of aliphatic hydroxyl groups is 2. The van der Waals surface area contributed by atoms with Crippen LogP contribution >= 0.6 is 11.8 Å². The predicted octanol–water partition coefficient (Wildman–Crippen LogP) is 0.955. The van der Waals surface area contributed by atoms with Gasteiger partial charge in [0.2, 0.25) is 0 Å². The van der Waals surface area contributed by atoms with Gasteiger partial charge in [-0.25, -0.2) is 4.39 Å². The Kier molecular flexibility index (Phi) is 4.39. The molecule has 0 radical (unpaired) electrons. The molecule has 0 saturated carbocycles. The van der Waals surface area contributed by atoms with Gasteiger partial charge in [0.15, 0.2) is 0 Å². The Balaban J connectivity index is 1.75. The second-order valence-corrected chi connectivity index (χ2v) is 5.31. The molecule has 2 atom stereocenters. The molecule has 1 saturated heterocycles. The summed E-state index contributed by atoms with van der Waals surface area (Å²) >= 11 is 1.46. The van der Waals surface area contributed by atoms with E-state index in [1.807, 2.05) is 11.0 Å². The van der Waals surface area contributed by atoms with Crippen molar-refractivity contribution in [2.24, 2.45) is 0 Å². The quantitative estimate of drug-likeness (QED) is 0.788. The van der Waals surface area contributed by atoms with Crippen molar-refractivity contribution >= 4 is 11.8 Å². The van der Waals surface area contributed by atoms with E-state index >= 15 is 0 Å². The first-order valence-corrected chi connectivity index (χ1v) is 6.61. The molecule has 2 N–H and O–H groups in total. The molecular weight excluding hydrogens is 241 g/mol. The summed E-state index contributed by atoms with van der Waals surface area (Å²) in [6, 6.07) is 6.70. The van der Waals surface area contributed by atoms with Crippen molar-refractivity contribution in [3.63, 3.8) is 0 Å². The molecule has 1 fully saturated rings. The Labute approximate surface area is 104 Å². The molecule has 0 unspecified atom stereocenters. The molecule has 1 aliphatic heterocycles. The molecule has 17 heavy (non-hydrogen) atoms. The Morgan fingerprint density at radius 3 is 2.53 bits per heavy atom. The van der Waals surface area contributed by atoms with E-state index in [4.69, 9.17) is 0 Å². The standard InChI is InChI=1S/C12H16FNO2S/c13-9-3-1-2-4-12(9)17-6-5-14-7-10(15)11(16)8-14/h1-4,10-11,15-16H,5-8H2/t10-,11+. The molecule has 5 heteroatoms. The van der Waals surface area contributed by atoms with Crippen molar-refractivity contribution in [2.75, 3.05) is 25.4 Å². The lowest BCUT2D eigenvalue weighted by molar-refractivity contribution is 0.0572. The minimum Gasteiger partial charge on any atom is -0.389 e. The lowest BCUT2D eigenvalue weighted by atomic mass is 10.3. The van der Waals surface area contributed by atoms with E-state index in [9.17, 15) is 14.6 Å². The number of likely N-dealkylation sites (tertiary alicyclic amines) is 1. The van der Waals surface area contributed by atoms with Crippen LogP contribution in [0.2, 0.25) is 0 Å². The fraction of sp³-hybridized carbons (Fsp3) is 0.500. The van der Waals surface area contributed by atoms with Gasteiger partial charge in [-0.15, -0.1) is 11.8 Å². The maximum absolute atomic E-state index is 13.3. The molecule has 1 heterocycles. The molecule has 1 aliphatic rings. The van der Waals surface area contributed by atoms with Crippen LogP contribution in [-0.4, -0.2) is 52.7 Å². The molecule has 0 bridgehead atoms. The van der Waals surface area contributed by atoms with Gasteiger partial charge in [0.05, 0.1) is 12.2 Å². The van der Waals surface area contributed by atoms with Crippen LogP contribution < -0.4 is 0 Å². The predicted molar refractivity (Wildman–Crippen MR) is 65.6 cm³/mol. The number of nitrogens with zero attached hydrogens (tertiary/aromatic N) is 1. The third-order valence-electron chi connectivity index (χ3n) is 2.84. The minimum atomic E-state index is -0.645. The largest absolute Gasteiger partial charge is 0.389 e. The minimum absolute atomic E-state index is 0.195. The topological polar surface area (TPSA) is 43.7 Å². The van der Waals surface area contributed by atoms with Gasteiger partial charge in [-0.3, -0.25) is 4.90 Å². The van der Waals surface area contributed by atoms with E-state index < -0.39 is 12.2 Å². The lowest BCUT2D eigenvalue weighted by Gasteiger charge is -2.13. The third kappa shape index (κ3) is 3.42. The van der Waals surface area contributed by atoms with Crippen LogP contribution in [0.5, 0.6) is 0 Å². The number of hydrogen-bond acceptors (Lipinski definition) is 4. The summed E-state index contributed by atoms with van der Waals surface area (Å²) in [4.78, 5) is 2.64.